The zero-order chi connectivity index (χ0) is 14.3. The van der Waals surface area contributed by atoms with Crippen LogP contribution < -0.4 is 0 Å². The summed E-state index contributed by atoms with van der Waals surface area (Å²) < 4.78 is 27.1. The molecule has 104 valence electrons. The van der Waals surface area contributed by atoms with Gasteiger partial charge in [-0.2, -0.15) is 8.42 Å². The molecule has 0 radical (unpaired) electrons. The van der Waals surface area contributed by atoms with E-state index < -0.39 is 10.1 Å². The van der Waals surface area contributed by atoms with Gasteiger partial charge >= 0.3 is 0 Å². The number of hydrogen-bond donors (Lipinski definition) is 0. The number of rotatable bonds is 7. The molecule has 1 aromatic carbocycles. The van der Waals surface area contributed by atoms with Gasteiger partial charge < -0.3 is 0 Å². The molecule has 0 amide bonds. The molecular weight excluding hydrogens is 262 g/mol. The standard InChI is InChI=1S/C14H19NO3S/c1-4-10-15(2)14(12-18-19(3,16)17)11-13-8-6-5-7-9-13/h1,5-9,14H,10-12H2,2-3H3/t14-/m0/s1. The summed E-state index contributed by atoms with van der Waals surface area (Å²) in [5.41, 5.74) is 1.12. The predicted molar refractivity (Wildman–Crippen MR) is 76.2 cm³/mol. The van der Waals surface area contributed by atoms with E-state index in [-0.39, 0.29) is 12.6 Å². The highest BCUT2D eigenvalue weighted by Crippen LogP contribution is 2.09. The summed E-state index contributed by atoms with van der Waals surface area (Å²) in [7, 11) is -1.58. The molecule has 1 aromatic rings. The van der Waals surface area contributed by atoms with Crippen LogP contribution in [0.3, 0.4) is 0 Å². The van der Waals surface area contributed by atoms with Gasteiger partial charge in [0, 0.05) is 6.04 Å². The first-order valence-electron chi connectivity index (χ1n) is 5.94. The Bertz CT molecular complexity index is 519. The SMILES string of the molecule is C#CCN(C)[C@H](COS(C)(=O)=O)Cc1ccccc1. The minimum absolute atomic E-state index is 0.0758. The van der Waals surface area contributed by atoms with Crippen LogP contribution in [0.1, 0.15) is 5.56 Å². The first-order valence-corrected chi connectivity index (χ1v) is 7.76. The van der Waals surface area contributed by atoms with Crippen molar-refractivity contribution >= 4 is 10.1 Å². The maximum absolute atomic E-state index is 11.1. The van der Waals surface area contributed by atoms with Crippen molar-refractivity contribution in [3.05, 3.63) is 35.9 Å². The van der Waals surface area contributed by atoms with E-state index in [1.165, 1.54) is 0 Å². The van der Waals surface area contributed by atoms with Gasteiger partial charge in [0.15, 0.2) is 0 Å². The van der Waals surface area contributed by atoms with E-state index in [2.05, 4.69) is 5.92 Å². The monoisotopic (exact) mass is 281 g/mol. The summed E-state index contributed by atoms with van der Waals surface area (Å²) in [5, 5.41) is 0. The molecule has 4 nitrogen and oxygen atoms in total. The second-order valence-corrected chi connectivity index (χ2v) is 6.10. The Morgan fingerprint density at radius 1 is 1.37 bits per heavy atom. The second kappa shape index (κ2) is 7.29. The van der Waals surface area contributed by atoms with Crippen molar-refractivity contribution in [2.75, 3.05) is 26.5 Å². The van der Waals surface area contributed by atoms with Crippen LogP contribution in [0, 0.1) is 12.3 Å². The average Bonchev–Trinajstić information content (AvgIpc) is 2.35. The fraction of sp³-hybridized carbons (Fsp3) is 0.429. The Kier molecular flexibility index (Phi) is 6.03. The first kappa shape index (κ1) is 15.7. The quantitative estimate of drug-likeness (QED) is 0.555. The molecule has 5 heteroatoms. The molecule has 0 saturated heterocycles. The Balaban J connectivity index is 2.72. The largest absolute Gasteiger partial charge is 0.290 e. The zero-order valence-electron chi connectivity index (χ0n) is 11.2. The number of hydrogen-bond acceptors (Lipinski definition) is 4. The normalized spacial score (nSPS) is 13.2. The highest BCUT2D eigenvalue weighted by molar-refractivity contribution is 7.85. The van der Waals surface area contributed by atoms with Crippen molar-refractivity contribution in [3.63, 3.8) is 0 Å². The van der Waals surface area contributed by atoms with Crippen LogP contribution in [-0.4, -0.2) is 45.8 Å². The van der Waals surface area contributed by atoms with E-state index in [9.17, 15) is 8.42 Å². The van der Waals surface area contributed by atoms with Crippen molar-refractivity contribution in [2.24, 2.45) is 0 Å². The van der Waals surface area contributed by atoms with Crippen LogP contribution >= 0.6 is 0 Å². The molecule has 0 aromatic heterocycles. The second-order valence-electron chi connectivity index (χ2n) is 4.45. The van der Waals surface area contributed by atoms with Gasteiger partial charge in [-0.1, -0.05) is 36.3 Å². The maximum Gasteiger partial charge on any atom is 0.264 e. The molecule has 1 rings (SSSR count). The van der Waals surface area contributed by atoms with Gasteiger partial charge in [0.1, 0.15) is 0 Å². The van der Waals surface area contributed by atoms with E-state index in [1.807, 2.05) is 42.3 Å². The summed E-state index contributed by atoms with van der Waals surface area (Å²) in [6.45, 7) is 0.552. The highest BCUT2D eigenvalue weighted by Gasteiger charge is 2.17. The van der Waals surface area contributed by atoms with Crippen molar-refractivity contribution in [1.29, 1.82) is 0 Å². The minimum Gasteiger partial charge on any atom is -0.290 e. The predicted octanol–water partition coefficient (Wildman–Crippen LogP) is 1.14. The maximum atomic E-state index is 11.1. The number of likely N-dealkylation sites (N-methyl/N-ethyl adjacent to an activating group) is 1. The van der Waals surface area contributed by atoms with Crippen molar-refractivity contribution in [1.82, 2.24) is 4.90 Å². The molecule has 0 spiro atoms. The summed E-state index contributed by atoms with van der Waals surface area (Å²) in [5.74, 6) is 2.55. The molecule has 0 heterocycles. The first-order chi connectivity index (χ1) is 8.92. The van der Waals surface area contributed by atoms with Crippen LogP contribution in [0.25, 0.3) is 0 Å². The Hall–Kier alpha value is -1.35. The summed E-state index contributed by atoms with van der Waals surface area (Å²) in [4.78, 5) is 1.91. The molecule has 0 unspecified atom stereocenters. The van der Waals surface area contributed by atoms with Crippen LogP contribution in [-0.2, 0) is 20.7 Å². The molecule has 1 atom stereocenters. The van der Waals surface area contributed by atoms with Gasteiger partial charge in [0.05, 0.1) is 19.4 Å². The van der Waals surface area contributed by atoms with E-state index in [0.717, 1.165) is 11.8 Å². The highest BCUT2D eigenvalue weighted by atomic mass is 32.2. The average molecular weight is 281 g/mol. The minimum atomic E-state index is -3.44. The summed E-state index contributed by atoms with van der Waals surface area (Å²) in [6.07, 6.45) is 7.03. The van der Waals surface area contributed by atoms with Crippen molar-refractivity contribution in [2.45, 2.75) is 12.5 Å². The number of nitrogens with zero attached hydrogens (tertiary/aromatic N) is 1. The molecule has 0 aliphatic heterocycles. The fourth-order valence-corrected chi connectivity index (χ4v) is 2.11. The Labute approximate surface area is 115 Å². The third kappa shape index (κ3) is 6.39. The lowest BCUT2D eigenvalue weighted by Gasteiger charge is -2.25. The third-order valence-corrected chi connectivity index (χ3v) is 3.32. The smallest absolute Gasteiger partial charge is 0.264 e. The van der Waals surface area contributed by atoms with Gasteiger partial charge in [-0.25, -0.2) is 0 Å². The molecule has 0 fully saturated rings. The third-order valence-electron chi connectivity index (χ3n) is 2.75. The summed E-state index contributed by atoms with van der Waals surface area (Å²) in [6, 6.07) is 9.76. The Morgan fingerprint density at radius 3 is 2.53 bits per heavy atom. The Morgan fingerprint density at radius 2 is 2.00 bits per heavy atom. The molecule has 0 aliphatic rings. The van der Waals surface area contributed by atoms with Crippen molar-refractivity contribution < 1.29 is 12.6 Å². The van der Waals surface area contributed by atoms with E-state index >= 15 is 0 Å². The molecule has 0 saturated carbocycles. The van der Waals surface area contributed by atoms with Crippen LogP contribution in [0.2, 0.25) is 0 Å². The topological polar surface area (TPSA) is 46.6 Å². The lowest BCUT2D eigenvalue weighted by molar-refractivity contribution is 0.178. The van der Waals surface area contributed by atoms with Crippen molar-refractivity contribution in [3.8, 4) is 12.3 Å². The molecule has 19 heavy (non-hydrogen) atoms. The van der Waals surface area contributed by atoms with Gasteiger partial charge in [-0.05, 0) is 19.0 Å². The van der Waals surface area contributed by atoms with Gasteiger partial charge in [0.2, 0.25) is 0 Å². The zero-order valence-corrected chi connectivity index (χ0v) is 12.1. The van der Waals surface area contributed by atoms with Gasteiger partial charge in [0.25, 0.3) is 10.1 Å². The van der Waals surface area contributed by atoms with E-state index in [4.69, 9.17) is 10.6 Å². The van der Waals surface area contributed by atoms with Crippen LogP contribution in [0.5, 0.6) is 0 Å². The lowest BCUT2D eigenvalue weighted by Crippen LogP contribution is -2.38. The molecule has 0 aliphatic carbocycles. The summed E-state index contributed by atoms with van der Waals surface area (Å²) >= 11 is 0. The lowest BCUT2D eigenvalue weighted by atomic mass is 10.1. The van der Waals surface area contributed by atoms with E-state index in [1.54, 1.807) is 0 Å². The van der Waals surface area contributed by atoms with Crippen LogP contribution in [0.15, 0.2) is 30.3 Å². The molecule has 0 N–H and O–H groups in total. The van der Waals surface area contributed by atoms with Gasteiger partial charge in [-0.15, -0.1) is 6.42 Å². The fourth-order valence-electron chi connectivity index (χ4n) is 1.70. The number of benzene rings is 1. The molecule has 0 bridgehead atoms. The molecular formula is C14H19NO3S. The van der Waals surface area contributed by atoms with Crippen LogP contribution in [0.4, 0.5) is 0 Å². The van der Waals surface area contributed by atoms with Gasteiger partial charge in [-0.3, -0.25) is 9.08 Å². The van der Waals surface area contributed by atoms with E-state index in [0.29, 0.717) is 13.0 Å². The number of terminal acetylenes is 1.